The highest BCUT2D eigenvalue weighted by atomic mass is 16.2. The first-order valence-electron chi connectivity index (χ1n) is 6.95. The van der Waals surface area contributed by atoms with Crippen LogP contribution < -0.4 is 0 Å². The Labute approximate surface area is 111 Å². The van der Waals surface area contributed by atoms with Crippen molar-refractivity contribution in [2.75, 3.05) is 7.05 Å². The van der Waals surface area contributed by atoms with E-state index in [1.807, 2.05) is 11.9 Å². The number of rotatable bonds is 6. The van der Waals surface area contributed by atoms with Crippen molar-refractivity contribution in [2.24, 2.45) is 5.92 Å². The van der Waals surface area contributed by atoms with Gasteiger partial charge in [-0.05, 0) is 30.4 Å². The van der Waals surface area contributed by atoms with Crippen molar-refractivity contribution < 1.29 is 4.79 Å². The molecule has 18 heavy (non-hydrogen) atoms. The van der Waals surface area contributed by atoms with Crippen LogP contribution in [0.4, 0.5) is 0 Å². The molecule has 0 aliphatic carbocycles. The quantitative estimate of drug-likeness (QED) is 0.751. The third kappa shape index (κ3) is 3.86. The van der Waals surface area contributed by atoms with Crippen LogP contribution in [-0.4, -0.2) is 17.9 Å². The van der Waals surface area contributed by atoms with Crippen molar-refractivity contribution in [3.05, 3.63) is 35.4 Å². The Morgan fingerprint density at radius 3 is 2.00 bits per heavy atom. The molecule has 1 amide bonds. The van der Waals surface area contributed by atoms with Crippen LogP contribution in [0.5, 0.6) is 0 Å². The molecule has 2 nitrogen and oxygen atoms in total. The van der Waals surface area contributed by atoms with Gasteiger partial charge in [0, 0.05) is 19.5 Å². The third-order valence-electron chi connectivity index (χ3n) is 3.56. The van der Waals surface area contributed by atoms with E-state index in [-0.39, 0.29) is 11.8 Å². The van der Waals surface area contributed by atoms with Gasteiger partial charge in [-0.2, -0.15) is 0 Å². The fourth-order valence-electron chi connectivity index (χ4n) is 2.18. The summed E-state index contributed by atoms with van der Waals surface area (Å²) in [7, 11) is 1.90. The van der Waals surface area contributed by atoms with E-state index in [2.05, 4.69) is 45.0 Å². The molecule has 0 N–H and O–H groups in total. The average molecular weight is 247 g/mol. The van der Waals surface area contributed by atoms with E-state index < -0.39 is 0 Å². The van der Waals surface area contributed by atoms with Crippen LogP contribution in [0.25, 0.3) is 0 Å². The van der Waals surface area contributed by atoms with E-state index in [0.29, 0.717) is 6.54 Å². The first-order chi connectivity index (χ1) is 8.62. The largest absolute Gasteiger partial charge is 0.341 e. The van der Waals surface area contributed by atoms with Crippen LogP contribution in [-0.2, 0) is 17.8 Å². The highest BCUT2D eigenvalue weighted by Gasteiger charge is 2.18. The lowest BCUT2D eigenvalue weighted by atomic mass is 10.0. The fourth-order valence-corrected chi connectivity index (χ4v) is 2.18. The minimum absolute atomic E-state index is 0.171. The molecule has 2 heteroatoms. The molecule has 0 fully saturated rings. The normalized spacial score (nSPS) is 10.7. The van der Waals surface area contributed by atoms with Crippen molar-refractivity contribution in [3.63, 3.8) is 0 Å². The van der Waals surface area contributed by atoms with Gasteiger partial charge in [0.2, 0.25) is 5.91 Å². The number of nitrogens with zero attached hydrogens (tertiary/aromatic N) is 1. The monoisotopic (exact) mass is 247 g/mol. The molecule has 0 bridgehead atoms. The summed E-state index contributed by atoms with van der Waals surface area (Å²) in [5.74, 6) is 0.435. The molecular weight excluding hydrogens is 222 g/mol. The summed E-state index contributed by atoms with van der Waals surface area (Å²) in [4.78, 5) is 14.0. The fraction of sp³-hybridized carbons (Fsp3) is 0.562. The number of carbonyl (C=O) groups is 1. The summed E-state index contributed by atoms with van der Waals surface area (Å²) in [6.07, 6.45) is 2.91. The number of amides is 1. The molecule has 0 saturated carbocycles. The second-order valence-corrected chi connectivity index (χ2v) is 4.88. The smallest absolute Gasteiger partial charge is 0.225 e. The van der Waals surface area contributed by atoms with Crippen LogP contribution in [0.1, 0.15) is 44.7 Å². The van der Waals surface area contributed by atoms with Gasteiger partial charge in [-0.15, -0.1) is 0 Å². The molecule has 0 aliphatic heterocycles. The van der Waals surface area contributed by atoms with E-state index in [4.69, 9.17) is 0 Å². The molecule has 0 aromatic heterocycles. The van der Waals surface area contributed by atoms with Crippen molar-refractivity contribution >= 4 is 5.91 Å². The van der Waals surface area contributed by atoms with Gasteiger partial charge in [0.25, 0.3) is 0 Å². The van der Waals surface area contributed by atoms with Gasteiger partial charge >= 0.3 is 0 Å². The van der Waals surface area contributed by atoms with E-state index in [1.165, 1.54) is 11.1 Å². The number of benzene rings is 1. The first kappa shape index (κ1) is 14.7. The second-order valence-electron chi connectivity index (χ2n) is 4.88. The van der Waals surface area contributed by atoms with Crippen LogP contribution in [0, 0.1) is 5.92 Å². The molecule has 100 valence electrons. The summed E-state index contributed by atoms with van der Waals surface area (Å²) < 4.78 is 0. The third-order valence-corrected chi connectivity index (χ3v) is 3.56. The zero-order chi connectivity index (χ0) is 13.5. The molecule has 0 saturated heterocycles. The van der Waals surface area contributed by atoms with Gasteiger partial charge in [-0.1, -0.05) is 45.0 Å². The van der Waals surface area contributed by atoms with Gasteiger partial charge in [0.15, 0.2) is 0 Å². The molecule has 1 aromatic carbocycles. The van der Waals surface area contributed by atoms with E-state index in [9.17, 15) is 4.79 Å². The van der Waals surface area contributed by atoms with Gasteiger partial charge in [0.1, 0.15) is 0 Å². The van der Waals surface area contributed by atoms with Crippen molar-refractivity contribution in [1.82, 2.24) is 4.90 Å². The standard InChI is InChI=1S/C16H25NO/c1-5-13-8-10-14(11-9-13)12-17(4)16(18)15(6-2)7-3/h8-11,15H,5-7,12H2,1-4H3. The van der Waals surface area contributed by atoms with Crippen molar-refractivity contribution in [2.45, 2.75) is 46.6 Å². The van der Waals surface area contributed by atoms with Crippen LogP contribution in [0.2, 0.25) is 0 Å². The second kappa shape index (κ2) is 7.20. The zero-order valence-corrected chi connectivity index (χ0v) is 12.1. The number of carbonyl (C=O) groups excluding carboxylic acids is 1. The molecule has 0 spiro atoms. The molecular formula is C16H25NO. The maximum absolute atomic E-state index is 12.2. The summed E-state index contributed by atoms with van der Waals surface area (Å²) in [6.45, 7) is 7.02. The number of aryl methyl sites for hydroxylation is 1. The van der Waals surface area contributed by atoms with Crippen LogP contribution in [0.3, 0.4) is 0 Å². The van der Waals surface area contributed by atoms with Crippen LogP contribution >= 0.6 is 0 Å². The Bertz CT molecular complexity index is 365. The molecule has 1 rings (SSSR count). The Hall–Kier alpha value is -1.31. The van der Waals surface area contributed by atoms with E-state index in [0.717, 1.165) is 19.3 Å². The zero-order valence-electron chi connectivity index (χ0n) is 12.1. The SMILES string of the molecule is CCc1ccc(CN(C)C(=O)C(CC)CC)cc1. The Morgan fingerprint density at radius 1 is 1.06 bits per heavy atom. The lowest BCUT2D eigenvalue weighted by Crippen LogP contribution is -2.32. The molecule has 1 aromatic rings. The average Bonchev–Trinajstić information content (AvgIpc) is 2.40. The predicted molar refractivity (Wildman–Crippen MR) is 76.4 cm³/mol. The summed E-state index contributed by atoms with van der Waals surface area (Å²) in [6, 6.07) is 8.53. The van der Waals surface area contributed by atoms with Crippen LogP contribution in [0.15, 0.2) is 24.3 Å². The number of hydrogen-bond donors (Lipinski definition) is 0. The molecule has 0 aliphatic rings. The maximum atomic E-state index is 12.2. The van der Waals surface area contributed by atoms with Crippen molar-refractivity contribution in [3.8, 4) is 0 Å². The lowest BCUT2D eigenvalue weighted by molar-refractivity contribution is -0.134. The van der Waals surface area contributed by atoms with E-state index in [1.54, 1.807) is 0 Å². The first-order valence-corrected chi connectivity index (χ1v) is 6.95. The predicted octanol–water partition coefficient (Wildman–Crippen LogP) is 3.64. The van der Waals surface area contributed by atoms with Gasteiger partial charge in [-0.25, -0.2) is 0 Å². The molecule has 0 atom stereocenters. The Kier molecular flexibility index (Phi) is 5.90. The van der Waals surface area contributed by atoms with Gasteiger partial charge in [-0.3, -0.25) is 4.79 Å². The highest BCUT2D eigenvalue weighted by Crippen LogP contribution is 2.14. The Balaban J connectivity index is 2.62. The summed E-state index contributed by atoms with van der Waals surface area (Å²) >= 11 is 0. The summed E-state index contributed by atoms with van der Waals surface area (Å²) in [5.41, 5.74) is 2.54. The summed E-state index contributed by atoms with van der Waals surface area (Å²) in [5, 5.41) is 0. The highest BCUT2D eigenvalue weighted by molar-refractivity contribution is 5.78. The molecule has 0 radical (unpaired) electrons. The van der Waals surface area contributed by atoms with E-state index >= 15 is 0 Å². The van der Waals surface area contributed by atoms with Gasteiger partial charge < -0.3 is 4.90 Å². The van der Waals surface area contributed by atoms with Gasteiger partial charge in [0.05, 0.1) is 0 Å². The maximum Gasteiger partial charge on any atom is 0.225 e. The molecule has 0 heterocycles. The minimum atomic E-state index is 0.171. The minimum Gasteiger partial charge on any atom is -0.341 e. The number of hydrogen-bond acceptors (Lipinski definition) is 1. The Morgan fingerprint density at radius 2 is 1.56 bits per heavy atom. The molecule has 0 unspecified atom stereocenters. The van der Waals surface area contributed by atoms with Crippen molar-refractivity contribution in [1.29, 1.82) is 0 Å². The lowest BCUT2D eigenvalue weighted by Gasteiger charge is -2.22. The topological polar surface area (TPSA) is 20.3 Å².